The van der Waals surface area contributed by atoms with E-state index >= 15 is 0 Å². The number of amides is 4. The number of hydrogen-bond acceptors (Lipinski definition) is 10. The van der Waals surface area contributed by atoms with Crippen molar-refractivity contribution in [3.63, 3.8) is 0 Å². The first-order chi connectivity index (χ1) is 26.7. The van der Waals surface area contributed by atoms with Gasteiger partial charge in [-0.2, -0.15) is 0 Å². The van der Waals surface area contributed by atoms with Gasteiger partial charge in [0, 0.05) is 13.3 Å². The van der Waals surface area contributed by atoms with Crippen molar-refractivity contribution in [2.45, 2.75) is 64.8 Å². The number of aromatic nitrogens is 1. The van der Waals surface area contributed by atoms with E-state index in [1.165, 1.54) is 18.3 Å². The molecule has 0 saturated heterocycles. The Morgan fingerprint density at radius 1 is 0.709 bits per heavy atom. The summed E-state index contributed by atoms with van der Waals surface area (Å²) in [7, 11) is 0. The van der Waals surface area contributed by atoms with Crippen molar-refractivity contribution < 1.29 is 33.4 Å². The van der Waals surface area contributed by atoms with Crippen LogP contribution in [-0.2, 0) is 38.7 Å². The van der Waals surface area contributed by atoms with Gasteiger partial charge in [-0.1, -0.05) is 105 Å². The molecule has 1 heterocycles. The minimum Gasteiger partial charge on any atom is -0.444 e. The predicted molar refractivity (Wildman–Crippen MR) is 210 cm³/mol. The van der Waals surface area contributed by atoms with E-state index in [2.05, 4.69) is 31.2 Å². The van der Waals surface area contributed by atoms with Crippen LogP contribution >= 0.6 is 11.3 Å². The normalized spacial score (nSPS) is 11.7. The van der Waals surface area contributed by atoms with Crippen molar-refractivity contribution in [1.29, 1.82) is 0 Å². The highest BCUT2D eigenvalue weighted by Gasteiger charge is 2.29. The van der Waals surface area contributed by atoms with Gasteiger partial charge < -0.3 is 20.1 Å². The van der Waals surface area contributed by atoms with Crippen LogP contribution < -0.4 is 21.3 Å². The first kappa shape index (κ1) is 39.8. The molecule has 4 N–H and O–H groups in total. The largest absolute Gasteiger partial charge is 0.444 e. The van der Waals surface area contributed by atoms with E-state index in [0.29, 0.717) is 29.6 Å². The summed E-state index contributed by atoms with van der Waals surface area (Å²) in [6, 6.07) is 30.5. The number of para-hydroxylation sites is 1. The number of carbonyl (C=O) groups excluding carboxylic acids is 5. The zero-order chi connectivity index (χ0) is 39.0. The lowest BCUT2D eigenvalue weighted by Gasteiger charge is -2.22. The summed E-state index contributed by atoms with van der Waals surface area (Å²) in [4.78, 5) is 73.8. The van der Waals surface area contributed by atoms with Gasteiger partial charge in [-0.3, -0.25) is 25.0 Å². The number of hydrogen-bond donors (Lipinski definition) is 4. The molecule has 0 saturated carbocycles. The smallest absolute Gasteiger partial charge is 0.414 e. The Balaban J connectivity index is 1.34. The van der Waals surface area contributed by atoms with Gasteiger partial charge in [-0.15, -0.1) is 11.3 Å². The van der Waals surface area contributed by atoms with E-state index in [1.54, 1.807) is 48.5 Å². The fourth-order valence-electron chi connectivity index (χ4n) is 5.40. The number of ketones is 1. The van der Waals surface area contributed by atoms with E-state index in [0.717, 1.165) is 22.2 Å². The summed E-state index contributed by atoms with van der Waals surface area (Å²) in [5.41, 5.74) is 3.23. The molecule has 2 atom stereocenters. The molecule has 0 spiro atoms. The Morgan fingerprint density at radius 3 is 1.85 bits per heavy atom. The molecule has 14 heteroatoms. The highest BCUT2D eigenvalue weighted by Crippen LogP contribution is 2.24. The molecule has 0 aliphatic carbocycles. The molecule has 0 aliphatic heterocycles. The zero-order valence-electron chi connectivity index (χ0n) is 30.5. The van der Waals surface area contributed by atoms with Crippen molar-refractivity contribution >= 4 is 63.0 Å². The number of Topliss-reactive ketones (excluding diaryl/α,β-unsaturated/α-hetero) is 1. The van der Waals surface area contributed by atoms with Crippen molar-refractivity contribution in [3.05, 3.63) is 131 Å². The third-order valence-electron chi connectivity index (χ3n) is 8.16. The molecular weight excluding hydrogens is 721 g/mol. The topological polar surface area (TPSA) is 177 Å². The Kier molecular flexibility index (Phi) is 14.6. The number of benzene rings is 4. The number of ether oxygens (including phenoxy) is 2. The predicted octanol–water partition coefficient (Wildman–Crippen LogP) is 6.74. The van der Waals surface area contributed by atoms with Gasteiger partial charge >= 0.3 is 12.2 Å². The highest BCUT2D eigenvalue weighted by atomic mass is 32.1. The van der Waals surface area contributed by atoms with Crippen LogP contribution in [-0.4, -0.2) is 52.8 Å². The molecule has 0 aliphatic rings. The van der Waals surface area contributed by atoms with E-state index in [4.69, 9.17) is 9.47 Å². The number of thiazole rings is 1. The highest BCUT2D eigenvalue weighted by molar-refractivity contribution is 7.20. The van der Waals surface area contributed by atoms with Gasteiger partial charge in [-0.25, -0.2) is 19.6 Å². The maximum atomic E-state index is 13.9. The van der Waals surface area contributed by atoms with Crippen molar-refractivity contribution in [3.8, 4) is 0 Å². The first-order valence-corrected chi connectivity index (χ1v) is 18.6. The zero-order valence-corrected chi connectivity index (χ0v) is 31.3. The average Bonchev–Trinajstić information content (AvgIpc) is 3.63. The van der Waals surface area contributed by atoms with Gasteiger partial charge in [0.25, 0.3) is 0 Å². The molecule has 4 aromatic carbocycles. The Bertz CT molecular complexity index is 2010. The van der Waals surface area contributed by atoms with Crippen LogP contribution in [0.25, 0.3) is 10.2 Å². The quantitative estimate of drug-likeness (QED) is 0.0515. The van der Waals surface area contributed by atoms with Gasteiger partial charge in [-0.05, 0) is 47.4 Å². The lowest BCUT2D eigenvalue weighted by Crippen LogP contribution is -2.51. The SMILES string of the molecule is CCCCC(NC(C)=O)C(=O)NC(Cc1ccc(N=C(NC(=O)OCc2ccccc2)NC(=O)OCc2ccccc2)cc1)C(=O)c1nc2ccccc2s1. The van der Waals surface area contributed by atoms with Crippen LogP contribution in [0.4, 0.5) is 15.3 Å². The van der Waals surface area contributed by atoms with Crippen molar-refractivity contribution in [2.75, 3.05) is 0 Å². The molecule has 284 valence electrons. The minimum absolute atomic E-state index is 0.00921. The monoisotopic (exact) mass is 762 g/mol. The van der Waals surface area contributed by atoms with Gasteiger partial charge in [0.05, 0.1) is 21.9 Å². The van der Waals surface area contributed by atoms with Gasteiger partial charge in [0.1, 0.15) is 19.3 Å². The summed E-state index contributed by atoms with van der Waals surface area (Å²) >= 11 is 1.24. The molecule has 1 aromatic heterocycles. The summed E-state index contributed by atoms with van der Waals surface area (Å²) in [5.74, 6) is -1.42. The molecule has 55 heavy (non-hydrogen) atoms. The summed E-state index contributed by atoms with van der Waals surface area (Å²) in [6.07, 6.45) is 0.338. The maximum absolute atomic E-state index is 13.9. The summed E-state index contributed by atoms with van der Waals surface area (Å²) < 4.78 is 11.5. The third-order valence-corrected chi connectivity index (χ3v) is 9.21. The Morgan fingerprint density at radius 2 is 1.29 bits per heavy atom. The number of nitrogens with one attached hydrogen (secondary N) is 4. The second-order valence-electron chi connectivity index (χ2n) is 12.5. The van der Waals surface area contributed by atoms with Crippen LogP contribution in [0.15, 0.2) is 114 Å². The summed E-state index contributed by atoms with van der Waals surface area (Å²) in [5, 5.41) is 10.8. The lowest BCUT2D eigenvalue weighted by molar-refractivity contribution is -0.128. The van der Waals surface area contributed by atoms with Crippen LogP contribution in [0.2, 0.25) is 0 Å². The first-order valence-electron chi connectivity index (χ1n) is 17.8. The van der Waals surface area contributed by atoms with Crippen LogP contribution in [0.3, 0.4) is 0 Å². The number of guanidine groups is 1. The molecular formula is C41H42N6O7S. The standard InChI is InChI=1S/C41H42N6O7S/c1-3-4-17-33(42-27(2)48)37(50)44-34(36(49)38-45-32-18-11-12-19-35(32)55-38)24-28-20-22-31(23-21-28)43-39(46-40(51)53-25-29-13-7-5-8-14-29)47-41(52)54-26-30-15-9-6-10-16-30/h5-16,18-23,33-34H,3-4,17,24-26H2,1-2H3,(H,42,48)(H,44,50)(H2,43,46,47,51,52). The van der Waals surface area contributed by atoms with Gasteiger partial charge in [0.2, 0.25) is 23.6 Å². The molecule has 0 fully saturated rings. The lowest BCUT2D eigenvalue weighted by atomic mass is 10.0. The molecule has 0 radical (unpaired) electrons. The van der Waals surface area contributed by atoms with E-state index < -0.39 is 30.2 Å². The molecule has 13 nitrogen and oxygen atoms in total. The minimum atomic E-state index is -1.00. The summed E-state index contributed by atoms with van der Waals surface area (Å²) in [6.45, 7) is 3.31. The Hall–Kier alpha value is -6.41. The van der Waals surface area contributed by atoms with Crippen LogP contribution in [0.5, 0.6) is 0 Å². The molecule has 0 bridgehead atoms. The number of aliphatic imine (C=N–C) groups is 1. The third kappa shape index (κ3) is 12.6. The Labute approximate surface area is 322 Å². The van der Waals surface area contributed by atoms with E-state index in [9.17, 15) is 24.0 Å². The number of unbranched alkanes of at least 4 members (excludes halogenated alkanes) is 1. The molecule has 5 aromatic rings. The maximum Gasteiger partial charge on any atom is 0.414 e. The van der Waals surface area contributed by atoms with Crippen LogP contribution in [0.1, 0.15) is 59.6 Å². The van der Waals surface area contributed by atoms with E-state index in [1.807, 2.05) is 67.6 Å². The number of alkyl carbamates (subject to hydrolysis) is 2. The average molecular weight is 763 g/mol. The number of rotatable bonds is 15. The van der Waals surface area contributed by atoms with E-state index in [-0.39, 0.29) is 42.3 Å². The number of fused-ring (bicyclic) bond motifs is 1. The van der Waals surface area contributed by atoms with Crippen molar-refractivity contribution in [2.24, 2.45) is 4.99 Å². The fourth-order valence-corrected chi connectivity index (χ4v) is 6.36. The second-order valence-corrected chi connectivity index (χ2v) is 13.5. The molecule has 2 unspecified atom stereocenters. The molecule has 4 amide bonds. The second kappa shape index (κ2) is 20.2. The number of nitrogens with zero attached hydrogens (tertiary/aromatic N) is 2. The fraction of sp³-hybridized carbons (Fsp3) is 0.244. The number of carbonyl (C=O) groups is 5. The van der Waals surface area contributed by atoms with Crippen LogP contribution in [0, 0.1) is 0 Å². The van der Waals surface area contributed by atoms with Gasteiger partial charge in [0.15, 0.2) is 5.01 Å². The molecule has 5 rings (SSSR count). The van der Waals surface area contributed by atoms with Crippen molar-refractivity contribution in [1.82, 2.24) is 26.3 Å².